The maximum Gasteiger partial charge on any atom is 0.306 e. The summed E-state index contributed by atoms with van der Waals surface area (Å²) < 4.78 is 18.7. The normalized spacial score (nSPS) is 21.6. The van der Waals surface area contributed by atoms with Crippen LogP contribution < -0.4 is 10.1 Å². The van der Waals surface area contributed by atoms with E-state index in [1.807, 2.05) is 0 Å². The Morgan fingerprint density at radius 2 is 2.14 bits per heavy atom. The third-order valence-electron chi connectivity index (χ3n) is 3.78. The quantitative estimate of drug-likeness (QED) is 0.893. The van der Waals surface area contributed by atoms with Crippen LogP contribution in [0.25, 0.3) is 0 Å². The number of hydrogen-bond acceptors (Lipinski definition) is 3. The molecule has 2 rings (SSSR count). The summed E-state index contributed by atoms with van der Waals surface area (Å²) in [7, 11) is 1.42. The van der Waals surface area contributed by atoms with Crippen molar-refractivity contribution in [1.29, 1.82) is 0 Å². The lowest BCUT2D eigenvalue weighted by atomic mass is 9.85. The first-order valence-corrected chi connectivity index (χ1v) is 6.88. The highest BCUT2D eigenvalue weighted by Crippen LogP contribution is 2.25. The van der Waals surface area contributed by atoms with E-state index in [2.05, 4.69) is 5.32 Å². The van der Waals surface area contributed by atoms with E-state index in [0.29, 0.717) is 25.0 Å². The Kier molecular flexibility index (Phi) is 4.77. The maximum absolute atomic E-state index is 13.8. The smallest absolute Gasteiger partial charge is 0.306 e. The molecule has 2 atom stereocenters. The van der Waals surface area contributed by atoms with Crippen molar-refractivity contribution in [2.45, 2.75) is 31.7 Å². The van der Waals surface area contributed by atoms with Crippen LogP contribution >= 0.6 is 0 Å². The minimum Gasteiger partial charge on any atom is -0.497 e. The molecular weight excluding hydrogens is 277 g/mol. The molecule has 1 aromatic rings. The van der Waals surface area contributed by atoms with Crippen molar-refractivity contribution in [3.05, 3.63) is 29.6 Å². The molecule has 2 unspecified atom stereocenters. The number of methoxy groups -OCH3 is 1. The zero-order valence-corrected chi connectivity index (χ0v) is 11.8. The van der Waals surface area contributed by atoms with Crippen molar-refractivity contribution in [2.75, 3.05) is 7.11 Å². The average molecular weight is 295 g/mol. The fourth-order valence-corrected chi connectivity index (χ4v) is 2.62. The van der Waals surface area contributed by atoms with Gasteiger partial charge in [-0.25, -0.2) is 4.39 Å². The van der Waals surface area contributed by atoms with Gasteiger partial charge >= 0.3 is 5.97 Å². The Hall–Kier alpha value is -2.11. The first-order valence-electron chi connectivity index (χ1n) is 6.88. The van der Waals surface area contributed by atoms with Gasteiger partial charge in [-0.2, -0.15) is 0 Å². The fraction of sp³-hybridized carbons (Fsp3) is 0.467. The van der Waals surface area contributed by atoms with Crippen LogP contribution in [-0.2, 0) is 4.79 Å². The Morgan fingerprint density at radius 1 is 1.38 bits per heavy atom. The predicted octanol–water partition coefficient (Wildman–Crippen LogP) is 2.21. The van der Waals surface area contributed by atoms with Crippen LogP contribution in [0.3, 0.4) is 0 Å². The van der Waals surface area contributed by atoms with Gasteiger partial charge in [-0.1, -0.05) is 6.42 Å². The van der Waals surface area contributed by atoms with E-state index in [-0.39, 0.29) is 11.6 Å². The van der Waals surface area contributed by atoms with E-state index in [4.69, 9.17) is 9.84 Å². The van der Waals surface area contributed by atoms with Crippen LogP contribution in [0.4, 0.5) is 4.39 Å². The number of hydrogen-bond donors (Lipinski definition) is 2. The van der Waals surface area contributed by atoms with Crippen molar-refractivity contribution >= 4 is 11.9 Å². The molecule has 0 aromatic heterocycles. The molecule has 0 radical (unpaired) electrons. The Bertz CT molecular complexity index is 546. The fourth-order valence-electron chi connectivity index (χ4n) is 2.62. The SMILES string of the molecule is COc1ccc(C(=O)NC2CCCC(C(=O)O)C2)c(F)c1. The number of carbonyl (C=O) groups is 2. The molecule has 114 valence electrons. The minimum absolute atomic E-state index is 0.0618. The van der Waals surface area contributed by atoms with E-state index in [9.17, 15) is 14.0 Å². The van der Waals surface area contributed by atoms with Crippen molar-refractivity contribution in [1.82, 2.24) is 5.32 Å². The molecular formula is C15H18FNO4. The van der Waals surface area contributed by atoms with Crippen LogP contribution in [0.1, 0.15) is 36.0 Å². The summed E-state index contributed by atoms with van der Waals surface area (Å²) in [6.07, 6.45) is 2.47. The molecule has 1 aliphatic rings. The molecule has 5 nitrogen and oxygen atoms in total. The lowest BCUT2D eigenvalue weighted by Crippen LogP contribution is -2.40. The summed E-state index contributed by atoms with van der Waals surface area (Å²) in [6.45, 7) is 0. The number of rotatable bonds is 4. The van der Waals surface area contributed by atoms with Gasteiger partial charge in [0.2, 0.25) is 0 Å². The molecule has 2 N–H and O–H groups in total. The van der Waals surface area contributed by atoms with Gasteiger partial charge in [0.25, 0.3) is 5.91 Å². The number of aliphatic carboxylic acids is 1. The zero-order chi connectivity index (χ0) is 15.4. The number of carboxylic acids is 1. The van der Waals surface area contributed by atoms with Gasteiger partial charge in [0.15, 0.2) is 0 Å². The molecule has 1 amide bonds. The van der Waals surface area contributed by atoms with E-state index in [1.54, 1.807) is 0 Å². The maximum atomic E-state index is 13.8. The zero-order valence-electron chi connectivity index (χ0n) is 11.8. The molecule has 21 heavy (non-hydrogen) atoms. The predicted molar refractivity (Wildman–Crippen MR) is 73.8 cm³/mol. The number of carbonyl (C=O) groups excluding carboxylic acids is 1. The molecule has 6 heteroatoms. The first kappa shape index (κ1) is 15.3. The van der Waals surface area contributed by atoms with E-state index < -0.39 is 23.6 Å². The molecule has 0 saturated heterocycles. The molecule has 0 aliphatic heterocycles. The number of amides is 1. The number of ether oxygens (including phenoxy) is 1. The van der Waals surface area contributed by atoms with Crippen LogP contribution in [-0.4, -0.2) is 30.1 Å². The number of carboxylic acid groups (broad SMARTS) is 1. The van der Waals surface area contributed by atoms with Crippen molar-refractivity contribution < 1.29 is 23.8 Å². The first-order chi connectivity index (χ1) is 10.0. The molecule has 1 aliphatic carbocycles. The Morgan fingerprint density at radius 3 is 2.76 bits per heavy atom. The Labute approximate surface area is 122 Å². The van der Waals surface area contributed by atoms with Gasteiger partial charge in [0, 0.05) is 12.1 Å². The van der Waals surface area contributed by atoms with Crippen molar-refractivity contribution in [3.63, 3.8) is 0 Å². The van der Waals surface area contributed by atoms with E-state index in [0.717, 1.165) is 12.5 Å². The second-order valence-electron chi connectivity index (χ2n) is 5.22. The summed E-state index contributed by atoms with van der Waals surface area (Å²) in [6, 6.07) is 3.80. The Balaban J connectivity index is 2.02. The second kappa shape index (κ2) is 6.56. The summed E-state index contributed by atoms with van der Waals surface area (Å²) >= 11 is 0. The molecule has 0 bridgehead atoms. The largest absolute Gasteiger partial charge is 0.497 e. The lowest BCUT2D eigenvalue weighted by Gasteiger charge is -2.27. The summed E-state index contributed by atoms with van der Waals surface area (Å²) in [5, 5.41) is 11.7. The van der Waals surface area contributed by atoms with Gasteiger partial charge in [-0.05, 0) is 31.4 Å². The summed E-state index contributed by atoms with van der Waals surface area (Å²) in [5.41, 5.74) is -0.0618. The van der Waals surface area contributed by atoms with Crippen molar-refractivity contribution in [2.24, 2.45) is 5.92 Å². The molecule has 1 fully saturated rings. The van der Waals surface area contributed by atoms with Gasteiger partial charge in [-0.3, -0.25) is 9.59 Å². The van der Waals surface area contributed by atoms with Crippen LogP contribution in [0.15, 0.2) is 18.2 Å². The highest BCUT2D eigenvalue weighted by molar-refractivity contribution is 5.94. The number of nitrogens with one attached hydrogen (secondary N) is 1. The highest BCUT2D eigenvalue weighted by atomic mass is 19.1. The third-order valence-corrected chi connectivity index (χ3v) is 3.78. The van der Waals surface area contributed by atoms with Gasteiger partial charge in [0.05, 0.1) is 18.6 Å². The van der Waals surface area contributed by atoms with Gasteiger partial charge in [0.1, 0.15) is 11.6 Å². The van der Waals surface area contributed by atoms with Crippen LogP contribution in [0.5, 0.6) is 5.75 Å². The van der Waals surface area contributed by atoms with Crippen LogP contribution in [0.2, 0.25) is 0 Å². The molecule has 1 aromatic carbocycles. The number of halogens is 1. The molecule has 1 saturated carbocycles. The monoisotopic (exact) mass is 295 g/mol. The van der Waals surface area contributed by atoms with Crippen LogP contribution in [0, 0.1) is 11.7 Å². The van der Waals surface area contributed by atoms with Gasteiger partial charge in [-0.15, -0.1) is 0 Å². The average Bonchev–Trinajstić information content (AvgIpc) is 2.47. The van der Waals surface area contributed by atoms with E-state index in [1.165, 1.54) is 19.2 Å². The van der Waals surface area contributed by atoms with Crippen molar-refractivity contribution in [3.8, 4) is 5.75 Å². The summed E-state index contributed by atoms with van der Waals surface area (Å²) in [4.78, 5) is 23.1. The lowest BCUT2D eigenvalue weighted by molar-refractivity contribution is -0.143. The molecule has 0 heterocycles. The van der Waals surface area contributed by atoms with Gasteiger partial charge < -0.3 is 15.2 Å². The van der Waals surface area contributed by atoms with E-state index >= 15 is 0 Å². The topological polar surface area (TPSA) is 75.6 Å². The number of benzene rings is 1. The standard InChI is InChI=1S/C15H18FNO4/c1-21-11-5-6-12(13(16)8-11)14(18)17-10-4-2-3-9(7-10)15(19)20/h5-6,8-10H,2-4,7H2,1H3,(H,17,18)(H,19,20). The second-order valence-corrected chi connectivity index (χ2v) is 5.22. The molecule has 0 spiro atoms. The minimum atomic E-state index is -0.843. The highest BCUT2D eigenvalue weighted by Gasteiger charge is 2.28. The summed E-state index contributed by atoms with van der Waals surface area (Å²) in [5.74, 6) is -2.12. The third kappa shape index (κ3) is 3.71.